The van der Waals surface area contributed by atoms with Gasteiger partial charge in [-0.05, 0) is 48.0 Å². The third-order valence-corrected chi connectivity index (χ3v) is 12.6. The molecular formula is C45H30N5OP. The molecule has 0 fully saturated rings. The Balaban J connectivity index is 1.36. The highest BCUT2D eigenvalue weighted by molar-refractivity contribution is 7.80. The molecule has 0 aliphatic carbocycles. The number of aromatic nitrogens is 4. The maximum Gasteiger partial charge on any atom is 0.270 e. The normalized spacial score (nSPS) is 15.0. The van der Waals surface area contributed by atoms with E-state index in [1.165, 1.54) is 0 Å². The first-order valence-corrected chi connectivity index (χ1v) is 18.9. The number of rotatable bonds is 5. The summed E-state index contributed by atoms with van der Waals surface area (Å²) in [4.78, 5) is 15.2. The van der Waals surface area contributed by atoms with Crippen LogP contribution in [0.15, 0.2) is 182 Å². The number of hydrogen-bond acceptors (Lipinski definition) is 4. The van der Waals surface area contributed by atoms with Gasteiger partial charge in [0.2, 0.25) is 5.57 Å². The SMILES string of the molecule is O=P1(c2nc(-c3ccccc3)nc(-c3ccccc3)n2)c2ccccc2-c2ccc3c(c2N1c1ccccc1)c1ccccc1n3-c1ccccc1. The van der Waals surface area contributed by atoms with Crippen molar-refractivity contribution in [1.29, 1.82) is 0 Å². The fourth-order valence-corrected chi connectivity index (χ4v) is 10.4. The summed E-state index contributed by atoms with van der Waals surface area (Å²) < 4.78 is 21.3. The van der Waals surface area contributed by atoms with E-state index in [1.807, 2.05) is 120 Å². The first-order valence-electron chi connectivity index (χ1n) is 17.2. The molecule has 3 heterocycles. The maximum absolute atomic E-state index is 16.9. The minimum Gasteiger partial charge on any atom is -0.309 e. The van der Waals surface area contributed by atoms with Crippen LogP contribution in [0.1, 0.15) is 0 Å². The Bertz CT molecular complexity index is 2760. The van der Waals surface area contributed by atoms with Crippen LogP contribution in [-0.2, 0) is 4.57 Å². The topological polar surface area (TPSA) is 63.9 Å². The summed E-state index contributed by atoms with van der Waals surface area (Å²) in [5.74, 6) is 0.935. The van der Waals surface area contributed by atoms with Gasteiger partial charge in [-0.15, -0.1) is 0 Å². The molecule has 1 atom stereocenters. The van der Waals surface area contributed by atoms with Gasteiger partial charge in [-0.25, -0.2) is 15.0 Å². The van der Waals surface area contributed by atoms with Crippen molar-refractivity contribution in [2.45, 2.75) is 0 Å². The van der Waals surface area contributed by atoms with Crippen LogP contribution in [0.5, 0.6) is 0 Å². The monoisotopic (exact) mass is 687 g/mol. The van der Waals surface area contributed by atoms with E-state index in [2.05, 4.69) is 71.3 Å². The summed E-state index contributed by atoms with van der Waals surface area (Å²) >= 11 is 0. The van der Waals surface area contributed by atoms with Crippen molar-refractivity contribution in [3.05, 3.63) is 182 Å². The largest absolute Gasteiger partial charge is 0.309 e. The first kappa shape index (κ1) is 30.2. The Morgan fingerprint density at radius 1 is 0.442 bits per heavy atom. The second-order valence-electron chi connectivity index (χ2n) is 12.8. The van der Waals surface area contributed by atoms with Crippen LogP contribution in [0.25, 0.3) is 61.4 Å². The van der Waals surface area contributed by atoms with Crippen molar-refractivity contribution in [2.24, 2.45) is 0 Å². The molecule has 1 aliphatic heterocycles. The Hall–Kier alpha value is -6.62. The fourth-order valence-electron chi connectivity index (χ4n) is 7.54. The van der Waals surface area contributed by atoms with Gasteiger partial charge in [0.05, 0.1) is 16.7 Å². The molecule has 0 amide bonds. The number of para-hydroxylation sites is 3. The van der Waals surface area contributed by atoms with Crippen LogP contribution in [0.2, 0.25) is 0 Å². The van der Waals surface area contributed by atoms with Crippen LogP contribution in [0, 0.1) is 0 Å². The van der Waals surface area contributed by atoms with Gasteiger partial charge >= 0.3 is 0 Å². The molecule has 0 saturated heterocycles. The first-order chi connectivity index (χ1) is 25.7. The van der Waals surface area contributed by atoms with Gasteiger partial charge in [-0.1, -0.05) is 140 Å². The molecule has 2 aromatic heterocycles. The molecule has 1 unspecified atom stereocenters. The lowest BCUT2D eigenvalue weighted by atomic mass is 9.98. The standard InChI is InChI=1S/C45H30N5OP/c51-52(45-47-43(31-17-5-1-6-18-31)46-44(48-45)32-19-7-2-8-20-32)40-28-16-14-25-35(40)36-29-30-39-41(42(36)50(52)34-23-11-4-12-24-34)37-26-13-15-27-38(37)49(39)33-21-9-3-10-22-33/h1-30H. The van der Waals surface area contributed by atoms with Gasteiger partial charge in [0.1, 0.15) is 0 Å². The summed E-state index contributed by atoms with van der Waals surface area (Å²) in [6.07, 6.45) is 0. The third kappa shape index (κ3) is 4.58. The summed E-state index contributed by atoms with van der Waals surface area (Å²) in [7, 11) is -3.90. The van der Waals surface area contributed by atoms with E-state index in [4.69, 9.17) is 15.0 Å². The smallest absolute Gasteiger partial charge is 0.270 e. The van der Waals surface area contributed by atoms with Crippen LogP contribution in [-0.4, -0.2) is 19.5 Å². The van der Waals surface area contributed by atoms with E-state index >= 15 is 4.57 Å². The molecule has 0 bridgehead atoms. The Morgan fingerprint density at radius 3 is 1.63 bits per heavy atom. The van der Waals surface area contributed by atoms with E-state index < -0.39 is 7.29 Å². The second-order valence-corrected chi connectivity index (χ2v) is 15.2. The van der Waals surface area contributed by atoms with Crippen molar-refractivity contribution in [3.8, 4) is 39.6 Å². The molecule has 6 nitrogen and oxygen atoms in total. The predicted octanol–water partition coefficient (Wildman–Crippen LogP) is 10.4. The average molecular weight is 688 g/mol. The number of nitrogens with zero attached hydrogens (tertiary/aromatic N) is 5. The van der Waals surface area contributed by atoms with Gasteiger partial charge < -0.3 is 4.57 Å². The number of anilines is 2. The van der Waals surface area contributed by atoms with E-state index in [0.29, 0.717) is 17.0 Å². The summed E-state index contributed by atoms with van der Waals surface area (Å²) in [6, 6.07) is 61.0. The summed E-state index contributed by atoms with van der Waals surface area (Å²) in [5, 5.41) is 2.76. The Kier molecular flexibility index (Phi) is 6.98. The second kappa shape index (κ2) is 12.0. The molecule has 1 aliphatic rings. The van der Waals surface area contributed by atoms with Crippen molar-refractivity contribution < 1.29 is 4.57 Å². The molecule has 0 N–H and O–H groups in total. The highest BCUT2D eigenvalue weighted by Gasteiger charge is 2.47. The van der Waals surface area contributed by atoms with Crippen LogP contribution < -0.4 is 15.5 Å². The lowest BCUT2D eigenvalue weighted by Gasteiger charge is -2.39. The lowest BCUT2D eigenvalue weighted by Crippen LogP contribution is -2.37. The molecule has 0 radical (unpaired) electrons. The van der Waals surface area contributed by atoms with E-state index in [9.17, 15) is 0 Å². The molecule has 52 heavy (non-hydrogen) atoms. The molecule has 0 saturated carbocycles. The number of hydrogen-bond donors (Lipinski definition) is 0. The predicted molar refractivity (Wildman–Crippen MR) is 212 cm³/mol. The number of benzene rings is 7. The Morgan fingerprint density at radius 2 is 0.981 bits per heavy atom. The fraction of sp³-hybridized carbons (Fsp3) is 0. The summed E-state index contributed by atoms with van der Waals surface area (Å²) in [5.41, 5.74) is 8.54. The zero-order chi connectivity index (χ0) is 34.6. The Labute approximate surface area is 300 Å². The van der Waals surface area contributed by atoms with Crippen molar-refractivity contribution in [2.75, 3.05) is 4.67 Å². The van der Waals surface area contributed by atoms with Crippen molar-refractivity contribution in [3.63, 3.8) is 0 Å². The summed E-state index contributed by atoms with van der Waals surface area (Å²) in [6.45, 7) is 0. The molecule has 7 heteroatoms. The third-order valence-electron chi connectivity index (χ3n) is 9.80. The van der Waals surface area contributed by atoms with E-state index in [1.54, 1.807) is 0 Å². The molecule has 246 valence electrons. The van der Waals surface area contributed by atoms with E-state index in [0.717, 1.165) is 61.1 Å². The van der Waals surface area contributed by atoms with Crippen LogP contribution >= 0.6 is 7.29 Å². The minimum absolute atomic E-state index is 0.228. The zero-order valence-electron chi connectivity index (χ0n) is 27.9. The maximum atomic E-state index is 16.9. The van der Waals surface area contributed by atoms with Gasteiger partial charge in [0, 0.05) is 44.1 Å². The molecular weight excluding hydrogens is 658 g/mol. The van der Waals surface area contributed by atoms with Gasteiger partial charge in [-0.2, -0.15) is 0 Å². The van der Waals surface area contributed by atoms with Crippen molar-refractivity contribution >= 4 is 51.3 Å². The number of fused-ring (bicyclic) bond motifs is 7. The zero-order valence-corrected chi connectivity index (χ0v) is 28.8. The molecule has 9 aromatic rings. The molecule has 0 spiro atoms. The van der Waals surface area contributed by atoms with Gasteiger partial charge in [-0.3, -0.25) is 9.24 Å². The highest BCUT2D eigenvalue weighted by Crippen LogP contribution is 2.63. The molecule has 10 rings (SSSR count). The van der Waals surface area contributed by atoms with E-state index in [-0.39, 0.29) is 5.57 Å². The van der Waals surface area contributed by atoms with Gasteiger partial charge in [0.15, 0.2) is 11.6 Å². The lowest BCUT2D eigenvalue weighted by molar-refractivity contribution is 0.585. The van der Waals surface area contributed by atoms with Crippen LogP contribution in [0.4, 0.5) is 11.4 Å². The highest BCUT2D eigenvalue weighted by atomic mass is 31.2. The van der Waals surface area contributed by atoms with Crippen molar-refractivity contribution in [1.82, 2.24) is 19.5 Å². The quantitative estimate of drug-likeness (QED) is 0.169. The minimum atomic E-state index is -3.90. The molecule has 7 aromatic carbocycles. The average Bonchev–Trinajstić information content (AvgIpc) is 3.57. The van der Waals surface area contributed by atoms with Crippen LogP contribution in [0.3, 0.4) is 0 Å². The van der Waals surface area contributed by atoms with Gasteiger partial charge in [0.25, 0.3) is 7.29 Å².